The zero-order valence-electron chi connectivity index (χ0n) is 15.2. The zero-order valence-corrected chi connectivity index (χ0v) is 15.2. The van der Waals surface area contributed by atoms with E-state index in [9.17, 15) is 9.59 Å². The van der Waals surface area contributed by atoms with E-state index in [-0.39, 0.29) is 24.0 Å². The van der Waals surface area contributed by atoms with Crippen molar-refractivity contribution >= 4 is 17.6 Å². The van der Waals surface area contributed by atoms with Gasteiger partial charge < -0.3 is 21.3 Å². The van der Waals surface area contributed by atoms with E-state index in [1.165, 1.54) is 5.56 Å². The average Bonchev–Trinajstić information content (AvgIpc) is 3.31. The Bertz CT molecular complexity index is 861. The maximum Gasteiger partial charge on any atom is 0.319 e. The fourth-order valence-corrected chi connectivity index (χ4v) is 3.96. The van der Waals surface area contributed by atoms with E-state index >= 15 is 0 Å². The van der Waals surface area contributed by atoms with Crippen LogP contribution in [0.4, 0.5) is 10.5 Å². The number of urea groups is 1. The first-order valence-corrected chi connectivity index (χ1v) is 9.42. The molecule has 27 heavy (non-hydrogen) atoms. The number of hydrogen-bond acceptors (Lipinski definition) is 3. The van der Waals surface area contributed by atoms with Gasteiger partial charge in [-0.2, -0.15) is 0 Å². The first-order valence-electron chi connectivity index (χ1n) is 9.42. The van der Waals surface area contributed by atoms with Gasteiger partial charge in [-0.05, 0) is 42.5 Å². The van der Waals surface area contributed by atoms with Crippen LogP contribution in [0.25, 0.3) is 0 Å². The molecule has 4 N–H and O–H groups in total. The Kier molecular flexibility index (Phi) is 4.81. The number of para-hydroxylation sites is 1. The first-order chi connectivity index (χ1) is 13.1. The zero-order chi connectivity index (χ0) is 18.8. The van der Waals surface area contributed by atoms with Crippen LogP contribution in [0.2, 0.25) is 0 Å². The number of carbonyl (C=O) groups is 2. The maximum absolute atomic E-state index is 12.7. The summed E-state index contributed by atoms with van der Waals surface area (Å²) in [5, 5.41) is 5.80. The Balaban J connectivity index is 1.44. The Morgan fingerprint density at radius 2 is 1.70 bits per heavy atom. The molecule has 0 spiro atoms. The van der Waals surface area contributed by atoms with Crippen molar-refractivity contribution in [1.29, 1.82) is 0 Å². The molecule has 0 radical (unpaired) electrons. The summed E-state index contributed by atoms with van der Waals surface area (Å²) in [5.74, 6) is -0.0339. The molecule has 2 aromatic carbocycles. The molecule has 4 rings (SSSR count). The third kappa shape index (κ3) is 3.53. The lowest BCUT2D eigenvalue weighted by molar-refractivity contribution is 0.0794. The molecule has 2 aliphatic rings. The van der Waals surface area contributed by atoms with Crippen molar-refractivity contribution in [2.24, 2.45) is 5.73 Å². The highest BCUT2D eigenvalue weighted by Gasteiger charge is 2.30. The molecule has 1 aliphatic carbocycles. The number of likely N-dealkylation sites (tertiary alicyclic amines) is 1. The molecule has 1 saturated heterocycles. The van der Waals surface area contributed by atoms with E-state index in [2.05, 4.69) is 10.6 Å². The highest BCUT2D eigenvalue weighted by molar-refractivity contribution is 6.03. The molecule has 2 aromatic rings. The van der Waals surface area contributed by atoms with Crippen molar-refractivity contribution in [2.75, 3.05) is 18.4 Å². The molecule has 3 amide bonds. The maximum atomic E-state index is 12.7. The number of fused-ring (bicyclic) bond motifs is 1. The van der Waals surface area contributed by atoms with Gasteiger partial charge in [-0.1, -0.05) is 36.4 Å². The van der Waals surface area contributed by atoms with Crippen LogP contribution in [0, 0.1) is 0 Å². The highest BCUT2D eigenvalue weighted by atomic mass is 16.2. The number of nitrogens with two attached hydrogens (primary N) is 1. The predicted octanol–water partition coefficient (Wildman–Crippen LogP) is 2.67. The van der Waals surface area contributed by atoms with Gasteiger partial charge in [0, 0.05) is 13.1 Å². The minimum Gasteiger partial charge on any atom is -0.339 e. The van der Waals surface area contributed by atoms with Crippen molar-refractivity contribution in [3.05, 3.63) is 65.2 Å². The summed E-state index contributed by atoms with van der Waals surface area (Å²) in [4.78, 5) is 27.1. The van der Waals surface area contributed by atoms with Crippen LogP contribution < -0.4 is 16.4 Å². The van der Waals surface area contributed by atoms with E-state index in [4.69, 9.17) is 5.73 Å². The molecule has 1 heterocycles. The lowest BCUT2D eigenvalue weighted by Gasteiger charge is -2.20. The molecular weight excluding hydrogens is 340 g/mol. The van der Waals surface area contributed by atoms with Gasteiger partial charge in [0.25, 0.3) is 5.91 Å². The summed E-state index contributed by atoms with van der Waals surface area (Å²) in [7, 11) is 0. The van der Waals surface area contributed by atoms with E-state index in [0.29, 0.717) is 17.7 Å². The molecule has 1 fully saturated rings. The van der Waals surface area contributed by atoms with Gasteiger partial charge in [0.15, 0.2) is 0 Å². The summed E-state index contributed by atoms with van der Waals surface area (Å²) in [6, 6.07) is 14.4. The molecule has 0 unspecified atom stereocenters. The minimum atomic E-state index is -0.343. The summed E-state index contributed by atoms with van der Waals surface area (Å²) in [5.41, 5.74) is 9.58. The number of hydrogen-bond donors (Lipinski definition) is 3. The number of nitrogens with zero attached hydrogens (tertiary/aromatic N) is 1. The Labute approximate surface area is 158 Å². The minimum absolute atomic E-state index is 0.0339. The van der Waals surface area contributed by atoms with Crippen molar-refractivity contribution in [3.63, 3.8) is 0 Å². The van der Waals surface area contributed by atoms with Crippen LogP contribution in [0.5, 0.6) is 0 Å². The molecule has 140 valence electrons. The monoisotopic (exact) mass is 364 g/mol. The smallest absolute Gasteiger partial charge is 0.319 e. The number of anilines is 1. The second kappa shape index (κ2) is 7.40. The van der Waals surface area contributed by atoms with Crippen LogP contribution in [-0.4, -0.2) is 36.0 Å². The van der Waals surface area contributed by atoms with Crippen molar-refractivity contribution in [1.82, 2.24) is 10.2 Å². The van der Waals surface area contributed by atoms with E-state index in [0.717, 1.165) is 31.5 Å². The predicted molar refractivity (Wildman–Crippen MR) is 105 cm³/mol. The van der Waals surface area contributed by atoms with Crippen molar-refractivity contribution < 1.29 is 9.59 Å². The lowest BCUT2D eigenvalue weighted by atomic mass is 10.1. The molecule has 0 aromatic heterocycles. The number of benzene rings is 2. The van der Waals surface area contributed by atoms with Crippen LogP contribution in [0.15, 0.2) is 48.5 Å². The lowest BCUT2D eigenvalue weighted by Crippen LogP contribution is -2.43. The number of nitrogens with one attached hydrogen (secondary N) is 2. The number of amides is 3. The molecule has 6 heteroatoms. The number of rotatable bonds is 3. The number of carbonyl (C=O) groups excluding carboxylic acids is 2. The van der Waals surface area contributed by atoms with Gasteiger partial charge in [0.2, 0.25) is 0 Å². The van der Waals surface area contributed by atoms with Gasteiger partial charge in [-0.25, -0.2) is 4.79 Å². The topological polar surface area (TPSA) is 87.5 Å². The van der Waals surface area contributed by atoms with Gasteiger partial charge in [-0.3, -0.25) is 4.79 Å². The van der Waals surface area contributed by atoms with Gasteiger partial charge in [-0.15, -0.1) is 0 Å². The molecule has 2 atom stereocenters. The van der Waals surface area contributed by atoms with Crippen LogP contribution in [-0.2, 0) is 6.42 Å². The normalized spacial score (nSPS) is 21.0. The Morgan fingerprint density at radius 3 is 2.48 bits per heavy atom. The summed E-state index contributed by atoms with van der Waals surface area (Å²) in [6.07, 6.45) is 2.77. The van der Waals surface area contributed by atoms with Gasteiger partial charge >= 0.3 is 6.03 Å². The quantitative estimate of drug-likeness (QED) is 0.782. The van der Waals surface area contributed by atoms with E-state index < -0.39 is 0 Å². The van der Waals surface area contributed by atoms with E-state index in [1.807, 2.05) is 41.3 Å². The van der Waals surface area contributed by atoms with Gasteiger partial charge in [0.1, 0.15) is 0 Å². The van der Waals surface area contributed by atoms with E-state index in [1.54, 1.807) is 12.1 Å². The highest BCUT2D eigenvalue weighted by Crippen LogP contribution is 2.29. The van der Waals surface area contributed by atoms with Crippen LogP contribution in [0.1, 0.15) is 40.4 Å². The largest absolute Gasteiger partial charge is 0.339 e. The summed E-state index contributed by atoms with van der Waals surface area (Å²) >= 11 is 0. The summed E-state index contributed by atoms with van der Waals surface area (Å²) < 4.78 is 0. The second-order valence-corrected chi connectivity index (χ2v) is 7.18. The second-order valence-electron chi connectivity index (χ2n) is 7.18. The Morgan fingerprint density at radius 1 is 1.00 bits per heavy atom. The van der Waals surface area contributed by atoms with Crippen LogP contribution in [0.3, 0.4) is 0 Å². The third-order valence-corrected chi connectivity index (χ3v) is 5.40. The molecule has 1 aliphatic heterocycles. The van der Waals surface area contributed by atoms with Gasteiger partial charge in [0.05, 0.1) is 23.3 Å². The fraction of sp³-hybridized carbons (Fsp3) is 0.333. The third-order valence-electron chi connectivity index (χ3n) is 5.40. The van der Waals surface area contributed by atoms with Crippen molar-refractivity contribution in [3.8, 4) is 0 Å². The fourth-order valence-electron chi connectivity index (χ4n) is 3.96. The molecule has 0 bridgehead atoms. The van der Waals surface area contributed by atoms with Crippen LogP contribution >= 0.6 is 0 Å². The standard InChI is InChI=1S/C21H24N4O2/c22-19-15-8-2-1-7-14(15)13-18(19)24-21(27)23-17-10-4-3-9-16(17)20(26)25-11-5-6-12-25/h1-4,7-10,18-19H,5-6,11-13,22H2,(H2,23,24,27)/t18-,19-/m1/s1. The molecular formula is C21H24N4O2. The molecule has 0 saturated carbocycles. The SMILES string of the molecule is N[C@@H]1c2ccccc2C[C@H]1NC(=O)Nc1ccccc1C(=O)N1CCCC1. The average molecular weight is 364 g/mol. The summed E-state index contributed by atoms with van der Waals surface area (Å²) in [6.45, 7) is 1.54. The molecule has 6 nitrogen and oxygen atoms in total. The first kappa shape index (κ1) is 17.5. The Hall–Kier alpha value is -2.86. The van der Waals surface area contributed by atoms with Crippen molar-refractivity contribution in [2.45, 2.75) is 31.3 Å².